The van der Waals surface area contributed by atoms with Crippen molar-refractivity contribution in [1.82, 2.24) is 29.5 Å². The van der Waals surface area contributed by atoms with Crippen LogP contribution >= 0.6 is 0 Å². The van der Waals surface area contributed by atoms with Crippen molar-refractivity contribution in [3.8, 4) is 11.6 Å². The molecule has 1 aliphatic rings. The Labute approximate surface area is 198 Å². The van der Waals surface area contributed by atoms with Gasteiger partial charge < -0.3 is 24.9 Å². The number of rotatable bonds is 7. The molecular formula is C21H24FN9O2S. The highest BCUT2D eigenvalue weighted by Crippen LogP contribution is 2.24. The van der Waals surface area contributed by atoms with E-state index in [0.29, 0.717) is 53.5 Å². The summed E-state index contributed by atoms with van der Waals surface area (Å²) >= 11 is -1.20. The summed E-state index contributed by atoms with van der Waals surface area (Å²) < 4.78 is 32.7. The third kappa shape index (κ3) is 4.62. The van der Waals surface area contributed by atoms with Crippen molar-refractivity contribution >= 4 is 34.5 Å². The van der Waals surface area contributed by atoms with E-state index >= 15 is 0 Å². The van der Waals surface area contributed by atoms with Gasteiger partial charge in [0, 0.05) is 45.3 Å². The molecule has 1 saturated heterocycles. The largest absolute Gasteiger partial charge is 0.612 e. The maximum absolute atomic E-state index is 14.5. The number of nitrogens with one attached hydrogen (secondary N) is 1. The van der Waals surface area contributed by atoms with Gasteiger partial charge in [0.15, 0.2) is 16.5 Å². The van der Waals surface area contributed by atoms with Crippen molar-refractivity contribution in [3.05, 3.63) is 42.4 Å². The van der Waals surface area contributed by atoms with Crippen LogP contribution in [0, 0.1) is 5.82 Å². The number of piperazine rings is 1. The summed E-state index contributed by atoms with van der Waals surface area (Å²) in [6.07, 6.45) is 3.09. The summed E-state index contributed by atoms with van der Waals surface area (Å²) in [5.41, 5.74) is 6.57. The van der Waals surface area contributed by atoms with Crippen LogP contribution in [0.2, 0.25) is 0 Å². The Balaban J connectivity index is 1.15. The highest BCUT2D eigenvalue weighted by atomic mass is 32.2. The summed E-state index contributed by atoms with van der Waals surface area (Å²) in [5, 5.41) is 7.47. The molecule has 0 spiro atoms. The summed E-state index contributed by atoms with van der Waals surface area (Å²) in [6.45, 7) is 4.37. The molecule has 1 atom stereocenters. The number of furan rings is 1. The molecule has 0 amide bonds. The van der Waals surface area contributed by atoms with Crippen LogP contribution in [-0.4, -0.2) is 79.5 Å². The van der Waals surface area contributed by atoms with E-state index in [-0.39, 0.29) is 11.8 Å². The average molecular weight is 486 g/mol. The lowest BCUT2D eigenvalue weighted by atomic mass is 10.2. The van der Waals surface area contributed by atoms with Gasteiger partial charge in [0.1, 0.15) is 6.26 Å². The van der Waals surface area contributed by atoms with E-state index in [9.17, 15) is 8.94 Å². The highest BCUT2D eigenvalue weighted by Gasteiger charge is 2.21. The van der Waals surface area contributed by atoms with Crippen LogP contribution < -0.4 is 16.0 Å². The molecule has 1 aliphatic heterocycles. The molecule has 0 radical (unpaired) electrons. The second-order valence-corrected chi connectivity index (χ2v) is 9.23. The van der Waals surface area contributed by atoms with Crippen LogP contribution in [0.25, 0.3) is 17.4 Å². The molecule has 3 aromatic heterocycles. The van der Waals surface area contributed by atoms with E-state index < -0.39 is 11.2 Å². The van der Waals surface area contributed by atoms with Gasteiger partial charge in [-0.05, 0) is 35.4 Å². The molecule has 0 unspecified atom stereocenters. The summed E-state index contributed by atoms with van der Waals surface area (Å²) in [4.78, 5) is 17.8. The van der Waals surface area contributed by atoms with Crippen molar-refractivity contribution < 1.29 is 13.4 Å². The van der Waals surface area contributed by atoms with Crippen LogP contribution in [-0.2, 0) is 11.2 Å². The first kappa shape index (κ1) is 22.4. The summed E-state index contributed by atoms with van der Waals surface area (Å²) in [7, 11) is 0. The molecule has 0 bridgehead atoms. The van der Waals surface area contributed by atoms with Gasteiger partial charge in [0.25, 0.3) is 5.78 Å². The smallest absolute Gasteiger partial charge is 0.259 e. The minimum Gasteiger partial charge on any atom is -0.612 e. The lowest BCUT2D eigenvalue weighted by Gasteiger charge is -2.36. The lowest BCUT2D eigenvalue weighted by molar-refractivity contribution is 0.266. The zero-order valence-electron chi connectivity index (χ0n) is 18.5. The van der Waals surface area contributed by atoms with Crippen molar-refractivity contribution in [2.75, 3.05) is 61.5 Å². The lowest BCUT2D eigenvalue weighted by Crippen LogP contribution is -2.48. The number of hydrogen-bond acceptors (Lipinski definition) is 10. The van der Waals surface area contributed by atoms with E-state index in [1.54, 1.807) is 36.8 Å². The summed E-state index contributed by atoms with van der Waals surface area (Å²) in [6, 6.07) is 8.30. The Morgan fingerprint density at radius 2 is 2.00 bits per heavy atom. The first-order valence-corrected chi connectivity index (χ1v) is 12.3. The fourth-order valence-corrected chi connectivity index (χ4v) is 4.38. The number of nitrogen functional groups attached to an aromatic ring is 1. The molecule has 4 aromatic rings. The number of nitrogens with zero attached hydrogens (tertiary/aromatic N) is 7. The molecule has 4 heterocycles. The van der Waals surface area contributed by atoms with E-state index in [1.165, 1.54) is 10.6 Å². The Hall–Kier alpha value is -3.42. The van der Waals surface area contributed by atoms with E-state index in [1.807, 2.05) is 4.90 Å². The van der Waals surface area contributed by atoms with Crippen LogP contribution in [0.3, 0.4) is 0 Å². The predicted molar refractivity (Wildman–Crippen MR) is 127 cm³/mol. The molecule has 0 saturated carbocycles. The first-order chi connectivity index (χ1) is 16.5. The normalized spacial score (nSPS) is 15.7. The van der Waals surface area contributed by atoms with Gasteiger partial charge in [-0.2, -0.15) is 19.5 Å². The Morgan fingerprint density at radius 1 is 1.18 bits per heavy atom. The molecule has 13 heteroatoms. The fraction of sp³-hybridized carbons (Fsp3) is 0.333. The number of aromatic nitrogens is 5. The van der Waals surface area contributed by atoms with E-state index in [4.69, 9.17) is 10.2 Å². The fourth-order valence-electron chi connectivity index (χ4n) is 3.86. The zero-order chi connectivity index (χ0) is 23.7. The molecule has 3 N–H and O–H groups in total. The van der Waals surface area contributed by atoms with Crippen LogP contribution in [0.1, 0.15) is 0 Å². The molecule has 11 nitrogen and oxygen atoms in total. The van der Waals surface area contributed by atoms with Gasteiger partial charge in [0.05, 0.1) is 12.0 Å². The number of nitrogens with two attached hydrogens (primary N) is 1. The highest BCUT2D eigenvalue weighted by molar-refractivity contribution is 7.90. The molecule has 5 rings (SSSR count). The molecule has 0 aliphatic carbocycles. The number of hydrogen-bond donors (Lipinski definition) is 2. The predicted octanol–water partition coefficient (Wildman–Crippen LogP) is 1.47. The van der Waals surface area contributed by atoms with Crippen molar-refractivity contribution in [2.45, 2.75) is 4.90 Å². The SMILES string of the molecule is C[S@@+]([O-])c1ccc(N2CCN(CCNc3nc(N)n4nc(-c5ccco5)nc4n3)CC2)c(F)c1. The third-order valence-corrected chi connectivity index (χ3v) is 6.57. The monoisotopic (exact) mass is 485 g/mol. The molecule has 34 heavy (non-hydrogen) atoms. The number of fused-ring (bicyclic) bond motifs is 1. The quantitative estimate of drug-likeness (QED) is 0.370. The van der Waals surface area contributed by atoms with E-state index in [2.05, 4.69) is 30.3 Å². The maximum atomic E-state index is 14.5. The van der Waals surface area contributed by atoms with Crippen molar-refractivity contribution in [3.63, 3.8) is 0 Å². The van der Waals surface area contributed by atoms with Crippen LogP contribution in [0.15, 0.2) is 45.9 Å². The maximum Gasteiger partial charge on any atom is 0.259 e. The zero-order valence-corrected chi connectivity index (χ0v) is 19.3. The number of anilines is 3. The Bertz CT molecular complexity index is 1270. The Kier molecular flexibility index (Phi) is 6.22. The average Bonchev–Trinajstić information content (AvgIpc) is 3.50. The summed E-state index contributed by atoms with van der Waals surface area (Å²) in [5.74, 6) is 1.44. The van der Waals surface area contributed by atoms with Gasteiger partial charge >= 0.3 is 0 Å². The van der Waals surface area contributed by atoms with Crippen LogP contribution in [0.4, 0.5) is 22.0 Å². The molecule has 1 aromatic carbocycles. The molecule has 1 fully saturated rings. The molecule has 178 valence electrons. The van der Waals surface area contributed by atoms with Gasteiger partial charge in [0.2, 0.25) is 17.7 Å². The first-order valence-electron chi connectivity index (χ1n) is 10.8. The Morgan fingerprint density at radius 3 is 2.71 bits per heavy atom. The minimum absolute atomic E-state index is 0.173. The van der Waals surface area contributed by atoms with E-state index in [0.717, 1.165) is 19.6 Å². The van der Waals surface area contributed by atoms with Gasteiger partial charge in [-0.25, -0.2) is 4.39 Å². The number of benzene rings is 1. The van der Waals surface area contributed by atoms with Gasteiger partial charge in [-0.1, -0.05) is 0 Å². The van der Waals surface area contributed by atoms with Crippen molar-refractivity contribution in [1.29, 1.82) is 0 Å². The van der Waals surface area contributed by atoms with Crippen molar-refractivity contribution in [2.24, 2.45) is 0 Å². The standard InChI is InChI=1S/C21H24FN9O2S/c1-34(32)14-4-5-16(15(22)13-14)30-10-8-29(9-11-30)7-6-24-20-26-19(23)31-21(27-20)25-18(28-31)17-3-2-12-33-17/h2-5,12-13H,6-11H2,1H3,(H3,23,24,25,26,27,28)/t34-/m1/s1. The number of halogens is 1. The second kappa shape index (κ2) is 9.44. The second-order valence-electron chi connectivity index (χ2n) is 7.85. The van der Waals surface area contributed by atoms with Crippen LogP contribution in [0.5, 0.6) is 0 Å². The minimum atomic E-state index is -1.20. The third-order valence-electron chi connectivity index (χ3n) is 5.65. The van der Waals surface area contributed by atoms with Gasteiger partial charge in [-0.15, -0.1) is 5.10 Å². The molecular weight excluding hydrogens is 461 g/mol. The van der Waals surface area contributed by atoms with Gasteiger partial charge in [-0.3, -0.25) is 4.90 Å². The topological polar surface area (TPSA) is 137 Å².